The van der Waals surface area contributed by atoms with Gasteiger partial charge >= 0.3 is 0 Å². The Morgan fingerprint density at radius 2 is 1.89 bits per heavy atom. The van der Waals surface area contributed by atoms with Crippen LogP contribution in [0.25, 0.3) is 33.4 Å². The van der Waals surface area contributed by atoms with Crippen LogP contribution >= 0.6 is 23.5 Å². The minimum Gasteiger partial charge on any atom is -0.508 e. The van der Waals surface area contributed by atoms with Gasteiger partial charge in [-0.3, -0.25) is 24.1 Å². The molecule has 0 spiro atoms. The Morgan fingerprint density at radius 3 is 2.63 bits per heavy atom. The molecule has 1 aliphatic carbocycles. The van der Waals surface area contributed by atoms with E-state index in [2.05, 4.69) is 0 Å². The van der Waals surface area contributed by atoms with Gasteiger partial charge in [-0.2, -0.15) is 0 Å². The smallest absolute Gasteiger partial charge is 0.224 e. The monoisotopic (exact) mass is 545 g/mol. The summed E-state index contributed by atoms with van der Waals surface area (Å²) in [6, 6.07) is 14.8. The van der Waals surface area contributed by atoms with Crippen molar-refractivity contribution in [3.05, 3.63) is 81.7 Å². The van der Waals surface area contributed by atoms with Crippen molar-refractivity contribution in [2.45, 2.75) is 24.1 Å². The number of benzene rings is 3. The van der Waals surface area contributed by atoms with Crippen LogP contribution in [-0.2, 0) is 9.59 Å². The third kappa shape index (κ3) is 4.75. The number of aromatic hydroxyl groups is 1. The molecule has 1 N–H and O–H groups in total. The molecule has 0 bridgehead atoms. The highest BCUT2D eigenvalue weighted by atomic mass is 32.2. The fraction of sp³-hybridized carbons (Fsp3) is 0.172. The van der Waals surface area contributed by atoms with E-state index in [0.717, 1.165) is 28.6 Å². The molecule has 2 aliphatic heterocycles. The van der Waals surface area contributed by atoms with Crippen LogP contribution in [0.4, 0.5) is 0 Å². The molecule has 0 fully saturated rings. The SMILES string of the molecule is CC(=O)N1C(C=O)=C(CSc2ccc(-c3c4ccc(=O)cc-4oc4cc(O)ccc34)c(C=O)c2)CSC1C. The zero-order chi connectivity index (χ0) is 27.0. The van der Waals surface area contributed by atoms with Gasteiger partial charge in [0.25, 0.3) is 0 Å². The van der Waals surface area contributed by atoms with Crippen molar-refractivity contribution in [2.75, 3.05) is 11.5 Å². The first-order valence-corrected chi connectivity index (χ1v) is 13.8. The van der Waals surface area contributed by atoms with Gasteiger partial charge in [-0.25, -0.2) is 0 Å². The molecular weight excluding hydrogens is 522 g/mol. The third-order valence-electron chi connectivity index (χ3n) is 6.44. The molecule has 2 heterocycles. The summed E-state index contributed by atoms with van der Waals surface area (Å²) in [7, 11) is 0. The largest absolute Gasteiger partial charge is 0.508 e. The lowest BCUT2D eigenvalue weighted by Crippen LogP contribution is -2.39. The number of thioether (sulfide) groups is 2. The Hall–Kier alpha value is -3.82. The average Bonchev–Trinajstić information content (AvgIpc) is 2.90. The molecule has 192 valence electrons. The summed E-state index contributed by atoms with van der Waals surface area (Å²) in [6.45, 7) is 3.35. The number of hydrogen-bond donors (Lipinski definition) is 1. The average molecular weight is 546 g/mol. The van der Waals surface area contributed by atoms with E-state index in [9.17, 15) is 24.3 Å². The number of carbonyl (C=O) groups is 3. The number of hydrogen-bond acceptors (Lipinski definition) is 8. The molecule has 2 aromatic carbocycles. The summed E-state index contributed by atoms with van der Waals surface area (Å²) < 4.78 is 5.91. The maximum absolute atomic E-state index is 12.3. The van der Waals surface area contributed by atoms with Gasteiger partial charge in [0, 0.05) is 57.5 Å². The first-order valence-electron chi connectivity index (χ1n) is 11.8. The highest BCUT2D eigenvalue weighted by molar-refractivity contribution is 8.00. The Balaban J connectivity index is 1.56. The van der Waals surface area contributed by atoms with Crippen LogP contribution in [0.15, 0.2) is 80.0 Å². The normalized spacial score (nSPS) is 15.7. The first-order chi connectivity index (χ1) is 18.3. The van der Waals surface area contributed by atoms with Gasteiger partial charge in [-0.1, -0.05) is 6.07 Å². The number of phenols is 1. The van der Waals surface area contributed by atoms with Crippen molar-refractivity contribution in [1.82, 2.24) is 4.90 Å². The molecular formula is C29H23NO6S2. The quantitative estimate of drug-likeness (QED) is 0.191. The molecule has 1 atom stereocenters. The number of carbonyl (C=O) groups excluding carboxylic acids is 3. The summed E-state index contributed by atoms with van der Waals surface area (Å²) in [5.74, 6) is 1.35. The van der Waals surface area contributed by atoms with E-state index >= 15 is 0 Å². The van der Waals surface area contributed by atoms with E-state index in [1.807, 2.05) is 19.1 Å². The number of amides is 1. The van der Waals surface area contributed by atoms with Crippen molar-refractivity contribution in [3.8, 4) is 28.2 Å². The topological polar surface area (TPSA) is 105 Å². The lowest BCUT2D eigenvalue weighted by Gasteiger charge is -2.33. The highest BCUT2D eigenvalue weighted by Crippen LogP contribution is 2.42. The molecule has 1 unspecified atom stereocenters. The minimum atomic E-state index is -0.211. The van der Waals surface area contributed by atoms with Crippen molar-refractivity contribution >= 4 is 53.0 Å². The van der Waals surface area contributed by atoms with Crippen LogP contribution in [0, 0.1) is 0 Å². The van der Waals surface area contributed by atoms with Crippen LogP contribution in [-0.4, -0.2) is 45.4 Å². The van der Waals surface area contributed by atoms with E-state index in [0.29, 0.717) is 50.6 Å². The Morgan fingerprint density at radius 1 is 1.11 bits per heavy atom. The van der Waals surface area contributed by atoms with E-state index in [1.165, 1.54) is 41.8 Å². The first kappa shape index (κ1) is 25.8. The van der Waals surface area contributed by atoms with Gasteiger partial charge in [-0.15, -0.1) is 23.5 Å². The molecule has 1 amide bonds. The lowest BCUT2D eigenvalue weighted by molar-refractivity contribution is -0.128. The number of aldehydes is 2. The van der Waals surface area contributed by atoms with Crippen LogP contribution in [0.1, 0.15) is 24.2 Å². The summed E-state index contributed by atoms with van der Waals surface area (Å²) in [6.07, 6.45) is 1.53. The molecule has 7 nitrogen and oxygen atoms in total. The van der Waals surface area contributed by atoms with Crippen molar-refractivity contribution in [2.24, 2.45) is 0 Å². The molecule has 2 aromatic rings. The van der Waals surface area contributed by atoms with Crippen LogP contribution in [0.5, 0.6) is 5.75 Å². The van der Waals surface area contributed by atoms with E-state index in [1.54, 1.807) is 36.0 Å². The number of nitrogens with zero attached hydrogens (tertiary/aromatic N) is 1. The van der Waals surface area contributed by atoms with Crippen LogP contribution < -0.4 is 5.43 Å². The lowest BCUT2D eigenvalue weighted by atomic mass is 9.91. The fourth-order valence-corrected chi connectivity index (χ4v) is 6.89. The van der Waals surface area contributed by atoms with Crippen molar-refractivity contribution in [3.63, 3.8) is 0 Å². The predicted molar refractivity (Wildman–Crippen MR) is 150 cm³/mol. The summed E-state index contributed by atoms with van der Waals surface area (Å²) in [5.41, 5.74) is 3.97. The second-order valence-electron chi connectivity index (χ2n) is 8.88. The Bertz CT molecular complexity index is 1660. The number of rotatable bonds is 6. The van der Waals surface area contributed by atoms with Gasteiger partial charge < -0.3 is 9.52 Å². The van der Waals surface area contributed by atoms with Gasteiger partial charge in [0.15, 0.2) is 18.0 Å². The number of allylic oxidation sites excluding steroid dienone is 1. The van der Waals surface area contributed by atoms with Gasteiger partial charge in [-0.05, 0) is 54.5 Å². The molecule has 9 heteroatoms. The molecule has 0 aromatic heterocycles. The predicted octanol–water partition coefficient (Wildman–Crippen LogP) is 5.57. The molecule has 0 saturated heterocycles. The summed E-state index contributed by atoms with van der Waals surface area (Å²) in [5, 5.41) is 10.6. The highest BCUT2D eigenvalue weighted by Gasteiger charge is 2.29. The number of fused-ring (bicyclic) bond motifs is 2. The van der Waals surface area contributed by atoms with E-state index in [-0.39, 0.29) is 22.5 Å². The van der Waals surface area contributed by atoms with E-state index in [4.69, 9.17) is 4.42 Å². The summed E-state index contributed by atoms with van der Waals surface area (Å²) >= 11 is 3.08. The van der Waals surface area contributed by atoms with Crippen LogP contribution in [0.3, 0.4) is 0 Å². The van der Waals surface area contributed by atoms with Crippen molar-refractivity contribution < 1.29 is 23.9 Å². The van der Waals surface area contributed by atoms with Crippen LogP contribution in [0.2, 0.25) is 0 Å². The third-order valence-corrected chi connectivity index (χ3v) is 8.73. The Kier molecular flexibility index (Phi) is 7.14. The molecule has 5 rings (SSSR count). The molecule has 0 radical (unpaired) electrons. The maximum atomic E-state index is 12.3. The zero-order valence-corrected chi connectivity index (χ0v) is 22.2. The molecule has 38 heavy (non-hydrogen) atoms. The fourth-order valence-electron chi connectivity index (χ4n) is 4.69. The van der Waals surface area contributed by atoms with Crippen molar-refractivity contribution in [1.29, 1.82) is 0 Å². The molecule has 3 aliphatic rings. The van der Waals surface area contributed by atoms with Gasteiger partial charge in [0.1, 0.15) is 17.1 Å². The summed E-state index contributed by atoms with van der Waals surface area (Å²) in [4.78, 5) is 50.6. The van der Waals surface area contributed by atoms with Gasteiger partial charge in [0.05, 0.1) is 11.1 Å². The number of phenolic OH excluding ortho intramolecular Hbond substituents is 1. The van der Waals surface area contributed by atoms with E-state index < -0.39 is 0 Å². The molecule has 0 saturated carbocycles. The zero-order valence-electron chi connectivity index (χ0n) is 20.6. The Labute approximate surface area is 226 Å². The van der Waals surface area contributed by atoms with Gasteiger partial charge in [0.2, 0.25) is 5.91 Å². The maximum Gasteiger partial charge on any atom is 0.224 e. The standard InChI is InChI=1S/C29H23NO6S2/c1-16(33)30-17(2)37-14-19(26(30)13-32)15-38-22-5-8-23(18(9-22)12-31)29-24-6-3-20(34)10-27(24)36-28-11-21(35)4-7-25(28)29/h3-13,17,34H,14-15H2,1-2H3. The second-order valence-corrected chi connectivity index (χ2v) is 11.2. The second kappa shape index (κ2) is 10.5. The minimum absolute atomic E-state index is 0.0230.